The van der Waals surface area contributed by atoms with Crippen LogP contribution in [0.3, 0.4) is 0 Å². The zero-order chi connectivity index (χ0) is 13.3. The lowest BCUT2D eigenvalue weighted by atomic mass is 10.4. The number of imide groups is 5. The quantitative estimate of drug-likeness (QED) is 0.582. The molecule has 7 amide bonds. The Labute approximate surface area is 96.7 Å². The maximum atomic E-state index is 11.6. The largest absolute Gasteiger partial charge is 0.343 e. The summed E-state index contributed by atoms with van der Waals surface area (Å²) in [6.45, 7) is 2.73. The fraction of sp³-hybridized carbons (Fsp3) is 0.444. The van der Waals surface area contributed by atoms with E-state index < -0.39 is 36.5 Å². The number of hydrogen-bond donors (Lipinski definition) is 0. The maximum Gasteiger partial charge on any atom is 0.343 e. The summed E-state index contributed by atoms with van der Waals surface area (Å²) < 4.78 is 0. The molecule has 0 radical (unpaired) electrons. The summed E-state index contributed by atoms with van der Waals surface area (Å²) in [5, 5.41) is 0. The Morgan fingerprint density at radius 2 is 1.18 bits per heavy atom. The molecule has 0 atom stereocenters. The molecule has 0 aliphatic carbocycles. The van der Waals surface area contributed by atoms with Gasteiger partial charge in [0.2, 0.25) is 17.7 Å². The second-order valence-electron chi connectivity index (χ2n) is 3.46. The van der Waals surface area contributed by atoms with Gasteiger partial charge in [-0.05, 0) is 0 Å². The molecule has 0 spiro atoms. The van der Waals surface area contributed by atoms with E-state index in [9.17, 15) is 24.0 Å². The number of rotatable bonds is 0. The molecule has 1 aliphatic rings. The van der Waals surface area contributed by atoms with Gasteiger partial charge >= 0.3 is 12.1 Å². The minimum absolute atomic E-state index is 0.256. The summed E-state index contributed by atoms with van der Waals surface area (Å²) in [7, 11) is 0. The summed E-state index contributed by atoms with van der Waals surface area (Å²) in [5.41, 5.74) is 0. The molecule has 1 rings (SSSR count). The van der Waals surface area contributed by atoms with Crippen molar-refractivity contribution in [3.8, 4) is 0 Å². The molecule has 0 saturated carbocycles. The molecule has 8 nitrogen and oxygen atoms in total. The van der Waals surface area contributed by atoms with E-state index >= 15 is 0 Å². The van der Waals surface area contributed by atoms with Crippen molar-refractivity contribution in [1.29, 1.82) is 0 Å². The van der Waals surface area contributed by atoms with Crippen LogP contribution < -0.4 is 0 Å². The van der Waals surface area contributed by atoms with Crippen molar-refractivity contribution in [2.24, 2.45) is 0 Å². The van der Waals surface area contributed by atoms with Gasteiger partial charge in [-0.15, -0.1) is 0 Å². The van der Waals surface area contributed by atoms with E-state index in [-0.39, 0.29) is 4.90 Å². The number of urea groups is 2. The molecule has 1 fully saturated rings. The molecule has 1 heterocycles. The van der Waals surface area contributed by atoms with Crippen molar-refractivity contribution in [2.45, 2.75) is 20.8 Å². The molecule has 0 N–H and O–H groups in total. The third-order valence-corrected chi connectivity index (χ3v) is 2.20. The minimum Gasteiger partial charge on any atom is -0.275 e. The second-order valence-corrected chi connectivity index (χ2v) is 3.46. The monoisotopic (exact) mass is 241 g/mol. The normalized spacial score (nSPS) is 16.3. The zero-order valence-electron chi connectivity index (χ0n) is 9.59. The Morgan fingerprint density at radius 3 is 1.41 bits per heavy atom. The zero-order valence-corrected chi connectivity index (χ0v) is 9.59. The topological polar surface area (TPSA) is 95.1 Å². The molecular formula is C9H11N3O5. The second kappa shape index (κ2) is 4.32. The highest BCUT2D eigenvalue weighted by molar-refractivity contribution is 6.16. The van der Waals surface area contributed by atoms with E-state index in [1.807, 2.05) is 0 Å². The summed E-state index contributed by atoms with van der Waals surface area (Å²) >= 11 is 0. The number of nitrogens with zero attached hydrogens (tertiary/aromatic N) is 3. The van der Waals surface area contributed by atoms with Crippen LogP contribution in [-0.2, 0) is 14.4 Å². The SMILES string of the molecule is CC(=O)N1CN(C(C)=O)C(=O)N(C(C)=O)C1=O. The first-order valence-electron chi connectivity index (χ1n) is 4.72. The molecule has 8 heteroatoms. The first-order chi connectivity index (χ1) is 7.77. The van der Waals surface area contributed by atoms with Crippen LogP contribution >= 0.6 is 0 Å². The van der Waals surface area contributed by atoms with Gasteiger partial charge in [-0.2, -0.15) is 4.90 Å². The molecule has 0 aromatic rings. The molecule has 1 aliphatic heterocycles. The summed E-state index contributed by atoms with van der Waals surface area (Å²) in [6.07, 6.45) is 0. The van der Waals surface area contributed by atoms with Crippen LogP contribution in [-0.4, -0.2) is 51.2 Å². The third-order valence-electron chi connectivity index (χ3n) is 2.20. The Kier molecular flexibility index (Phi) is 3.26. The van der Waals surface area contributed by atoms with Gasteiger partial charge < -0.3 is 0 Å². The van der Waals surface area contributed by atoms with Gasteiger partial charge in [0.25, 0.3) is 0 Å². The number of carbonyl (C=O) groups excluding carboxylic acids is 5. The van der Waals surface area contributed by atoms with Crippen molar-refractivity contribution in [3.63, 3.8) is 0 Å². The molecule has 1 saturated heterocycles. The average Bonchev–Trinajstić information content (AvgIpc) is 2.15. The lowest BCUT2D eigenvalue weighted by Crippen LogP contribution is -2.64. The van der Waals surface area contributed by atoms with E-state index in [0.717, 1.165) is 20.8 Å². The first-order valence-corrected chi connectivity index (χ1v) is 4.72. The van der Waals surface area contributed by atoms with E-state index in [1.165, 1.54) is 0 Å². The molecule has 0 bridgehead atoms. The fourth-order valence-corrected chi connectivity index (χ4v) is 1.32. The Bertz CT molecular complexity index is 398. The fourth-order valence-electron chi connectivity index (χ4n) is 1.32. The van der Waals surface area contributed by atoms with Gasteiger partial charge in [0, 0.05) is 20.8 Å². The Morgan fingerprint density at radius 1 is 0.824 bits per heavy atom. The van der Waals surface area contributed by atoms with Crippen molar-refractivity contribution in [2.75, 3.05) is 6.67 Å². The average molecular weight is 241 g/mol. The van der Waals surface area contributed by atoms with Crippen molar-refractivity contribution < 1.29 is 24.0 Å². The Balaban J connectivity index is 3.17. The molecule has 0 unspecified atom stereocenters. The van der Waals surface area contributed by atoms with Crippen molar-refractivity contribution >= 4 is 29.8 Å². The predicted octanol–water partition coefficient (Wildman–Crippen LogP) is -0.257. The van der Waals surface area contributed by atoms with Gasteiger partial charge in [0.15, 0.2) is 0 Å². The molecular weight excluding hydrogens is 230 g/mol. The third kappa shape index (κ3) is 2.14. The molecule has 0 aromatic heterocycles. The van der Waals surface area contributed by atoms with Gasteiger partial charge in [0.05, 0.1) is 0 Å². The molecule has 92 valence electrons. The van der Waals surface area contributed by atoms with Crippen LogP contribution in [0.1, 0.15) is 20.8 Å². The minimum atomic E-state index is -1.03. The number of amides is 7. The molecule has 0 aromatic carbocycles. The van der Waals surface area contributed by atoms with Crippen LogP contribution in [0.2, 0.25) is 0 Å². The van der Waals surface area contributed by atoms with Crippen molar-refractivity contribution in [3.05, 3.63) is 0 Å². The summed E-state index contributed by atoms with van der Waals surface area (Å²) in [4.78, 5) is 58.3. The van der Waals surface area contributed by atoms with E-state index in [4.69, 9.17) is 0 Å². The Hall–Kier alpha value is -2.25. The standard InChI is InChI=1S/C9H11N3O5/c1-5(13)10-4-11(6(2)14)9(17)12(7(3)15)8(10)16/h4H2,1-3H3. The summed E-state index contributed by atoms with van der Waals surface area (Å²) in [6, 6.07) is -2.07. The number of hydrogen-bond acceptors (Lipinski definition) is 5. The van der Waals surface area contributed by atoms with Crippen LogP contribution in [0.15, 0.2) is 0 Å². The highest BCUT2D eigenvalue weighted by atomic mass is 16.2. The van der Waals surface area contributed by atoms with Gasteiger partial charge in [-0.25, -0.2) is 19.4 Å². The van der Waals surface area contributed by atoms with Gasteiger partial charge in [0.1, 0.15) is 6.67 Å². The maximum absolute atomic E-state index is 11.6. The van der Waals surface area contributed by atoms with E-state index in [1.54, 1.807) is 0 Å². The van der Waals surface area contributed by atoms with Crippen LogP contribution in [0.25, 0.3) is 0 Å². The highest BCUT2D eigenvalue weighted by Crippen LogP contribution is 2.13. The van der Waals surface area contributed by atoms with E-state index in [0.29, 0.717) is 9.80 Å². The smallest absolute Gasteiger partial charge is 0.275 e. The molecule has 17 heavy (non-hydrogen) atoms. The van der Waals surface area contributed by atoms with E-state index in [2.05, 4.69) is 0 Å². The van der Waals surface area contributed by atoms with Crippen LogP contribution in [0, 0.1) is 0 Å². The first kappa shape index (κ1) is 12.8. The number of carbonyl (C=O) groups is 5. The van der Waals surface area contributed by atoms with Crippen LogP contribution in [0.5, 0.6) is 0 Å². The highest BCUT2D eigenvalue weighted by Gasteiger charge is 2.42. The lowest BCUT2D eigenvalue weighted by molar-refractivity contribution is -0.136. The lowest BCUT2D eigenvalue weighted by Gasteiger charge is -2.36. The van der Waals surface area contributed by atoms with Gasteiger partial charge in [-0.1, -0.05) is 0 Å². The van der Waals surface area contributed by atoms with Crippen LogP contribution in [0.4, 0.5) is 9.59 Å². The summed E-state index contributed by atoms with van der Waals surface area (Å²) in [5.74, 6) is -2.16. The van der Waals surface area contributed by atoms with Crippen molar-refractivity contribution in [1.82, 2.24) is 14.7 Å². The van der Waals surface area contributed by atoms with Gasteiger partial charge in [-0.3, -0.25) is 14.4 Å². The predicted molar refractivity (Wildman–Crippen MR) is 53.2 cm³/mol.